The highest BCUT2D eigenvalue weighted by atomic mass is 35.5. The lowest BCUT2D eigenvalue weighted by Gasteiger charge is -2.04. The lowest BCUT2D eigenvalue weighted by atomic mass is 10.1. The van der Waals surface area contributed by atoms with Crippen LogP contribution in [0.3, 0.4) is 0 Å². The van der Waals surface area contributed by atoms with Crippen molar-refractivity contribution >= 4 is 17.6 Å². The predicted molar refractivity (Wildman–Crippen MR) is 42.5 cm³/mol. The average Bonchev–Trinajstić information content (AvgIpc) is 2.04. The normalized spacial score (nSPS) is 12.5. The Bertz CT molecular complexity index is 298. The highest BCUT2D eigenvalue weighted by Crippen LogP contribution is 2.22. The highest BCUT2D eigenvalue weighted by Gasteiger charge is 2.19. The fraction of sp³-hybridized carbons (Fsp3) is 0.125. The maximum atomic E-state index is 11.0. The number of rotatable bonds is 2. The summed E-state index contributed by atoms with van der Waals surface area (Å²) >= 11 is 5.60. The van der Waals surface area contributed by atoms with Crippen molar-refractivity contribution in [2.24, 2.45) is 0 Å². The molecular formula is C8H6ClO3. The zero-order valence-corrected chi connectivity index (χ0v) is 6.78. The number of hydrogen-bond donors (Lipinski definition) is 1. The molecule has 0 aliphatic rings. The molecular weight excluding hydrogens is 180 g/mol. The van der Waals surface area contributed by atoms with Crippen LogP contribution in [0.25, 0.3) is 0 Å². The number of aliphatic carboxylic acids is 1. The van der Waals surface area contributed by atoms with Crippen molar-refractivity contribution in [1.29, 1.82) is 0 Å². The monoisotopic (exact) mass is 185 g/mol. The van der Waals surface area contributed by atoms with Gasteiger partial charge in [-0.25, -0.2) is 9.90 Å². The molecule has 0 bridgehead atoms. The van der Waals surface area contributed by atoms with Crippen LogP contribution in [0.2, 0.25) is 5.02 Å². The van der Waals surface area contributed by atoms with E-state index in [4.69, 9.17) is 16.7 Å². The van der Waals surface area contributed by atoms with Gasteiger partial charge < -0.3 is 5.11 Å². The molecule has 0 saturated heterocycles. The summed E-state index contributed by atoms with van der Waals surface area (Å²) < 4.78 is 0. The second kappa shape index (κ2) is 3.56. The summed E-state index contributed by atoms with van der Waals surface area (Å²) in [5.41, 5.74) is 0.103. The topological polar surface area (TPSA) is 57.2 Å². The molecule has 1 rings (SSSR count). The minimum atomic E-state index is -1.79. The smallest absolute Gasteiger partial charge is 0.340 e. The van der Waals surface area contributed by atoms with Gasteiger partial charge in [-0.05, 0) is 6.07 Å². The Balaban J connectivity index is 3.02. The van der Waals surface area contributed by atoms with Crippen LogP contribution in [-0.2, 0) is 9.90 Å². The number of halogens is 1. The SMILES string of the molecule is [O]C(C(=O)O)c1ccccc1Cl. The van der Waals surface area contributed by atoms with E-state index in [0.29, 0.717) is 0 Å². The van der Waals surface area contributed by atoms with Gasteiger partial charge in [-0.15, -0.1) is 0 Å². The fourth-order valence-electron chi connectivity index (χ4n) is 0.821. The molecule has 1 aromatic rings. The molecule has 1 aromatic carbocycles. The molecule has 0 amide bonds. The zero-order chi connectivity index (χ0) is 9.14. The molecule has 0 aromatic heterocycles. The third-order valence-electron chi connectivity index (χ3n) is 1.41. The molecule has 63 valence electrons. The largest absolute Gasteiger partial charge is 0.479 e. The molecule has 0 aliphatic heterocycles. The summed E-state index contributed by atoms with van der Waals surface area (Å²) in [6, 6.07) is 6.12. The van der Waals surface area contributed by atoms with Gasteiger partial charge >= 0.3 is 5.97 Å². The van der Waals surface area contributed by atoms with Gasteiger partial charge in [0.05, 0.1) is 0 Å². The molecule has 0 spiro atoms. The van der Waals surface area contributed by atoms with E-state index < -0.39 is 12.1 Å². The molecule has 1 unspecified atom stereocenters. The second-order valence-electron chi connectivity index (χ2n) is 2.24. The molecule has 3 nitrogen and oxygen atoms in total. The van der Waals surface area contributed by atoms with Crippen molar-refractivity contribution in [1.82, 2.24) is 0 Å². The summed E-state index contributed by atoms with van der Waals surface area (Å²) in [6.07, 6.45) is -1.79. The molecule has 0 saturated carbocycles. The van der Waals surface area contributed by atoms with E-state index >= 15 is 0 Å². The standard InChI is InChI=1S/C8H6ClO3/c9-6-4-2-1-3-5(6)7(10)8(11)12/h1-4,7H,(H,11,12). The van der Waals surface area contributed by atoms with E-state index in [1.54, 1.807) is 12.1 Å². The third kappa shape index (κ3) is 1.75. The van der Waals surface area contributed by atoms with E-state index in [9.17, 15) is 9.90 Å². The van der Waals surface area contributed by atoms with E-state index in [1.807, 2.05) is 0 Å². The van der Waals surface area contributed by atoms with Gasteiger partial charge in [-0.1, -0.05) is 29.8 Å². The zero-order valence-electron chi connectivity index (χ0n) is 6.03. The van der Waals surface area contributed by atoms with Gasteiger partial charge in [0.15, 0.2) is 0 Å². The molecule has 0 heterocycles. The van der Waals surface area contributed by atoms with Crippen LogP contribution in [0.1, 0.15) is 11.7 Å². The van der Waals surface area contributed by atoms with Gasteiger partial charge in [0, 0.05) is 10.6 Å². The van der Waals surface area contributed by atoms with Crippen molar-refractivity contribution in [3.05, 3.63) is 34.9 Å². The van der Waals surface area contributed by atoms with Crippen LogP contribution in [0.4, 0.5) is 0 Å². The Labute approximate surface area is 74.2 Å². The first-order chi connectivity index (χ1) is 5.63. The number of carbonyl (C=O) groups is 1. The summed E-state index contributed by atoms with van der Waals surface area (Å²) in [4.78, 5) is 10.3. The van der Waals surface area contributed by atoms with Crippen LogP contribution >= 0.6 is 11.6 Å². The van der Waals surface area contributed by atoms with E-state index in [0.717, 1.165) is 0 Å². The Hall–Kier alpha value is -1.06. The van der Waals surface area contributed by atoms with E-state index in [-0.39, 0.29) is 10.6 Å². The Morgan fingerprint density at radius 1 is 1.42 bits per heavy atom. The maximum Gasteiger partial charge on any atom is 0.340 e. The quantitative estimate of drug-likeness (QED) is 0.765. The van der Waals surface area contributed by atoms with Crippen molar-refractivity contribution in [3.8, 4) is 0 Å². The summed E-state index contributed by atoms with van der Waals surface area (Å²) in [5, 5.41) is 19.5. The summed E-state index contributed by atoms with van der Waals surface area (Å²) in [7, 11) is 0. The maximum absolute atomic E-state index is 11.0. The van der Waals surface area contributed by atoms with Gasteiger partial charge in [0.1, 0.15) is 0 Å². The fourth-order valence-corrected chi connectivity index (χ4v) is 1.06. The van der Waals surface area contributed by atoms with Crippen molar-refractivity contribution in [2.45, 2.75) is 6.10 Å². The molecule has 0 fully saturated rings. The predicted octanol–water partition coefficient (Wildman–Crippen LogP) is 1.90. The first-order valence-electron chi connectivity index (χ1n) is 3.26. The van der Waals surface area contributed by atoms with Gasteiger partial charge in [-0.2, -0.15) is 0 Å². The number of carboxylic acids is 1. The lowest BCUT2D eigenvalue weighted by Crippen LogP contribution is -2.09. The summed E-state index contributed by atoms with van der Waals surface area (Å²) in [6.45, 7) is 0. The van der Waals surface area contributed by atoms with Crippen molar-refractivity contribution in [3.63, 3.8) is 0 Å². The highest BCUT2D eigenvalue weighted by molar-refractivity contribution is 6.31. The van der Waals surface area contributed by atoms with Crippen LogP contribution in [0.5, 0.6) is 0 Å². The van der Waals surface area contributed by atoms with Gasteiger partial charge in [-0.3, -0.25) is 0 Å². The Morgan fingerprint density at radius 2 is 2.00 bits per heavy atom. The second-order valence-corrected chi connectivity index (χ2v) is 2.65. The first-order valence-corrected chi connectivity index (χ1v) is 3.64. The van der Waals surface area contributed by atoms with Crippen LogP contribution in [0.15, 0.2) is 24.3 Å². The Morgan fingerprint density at radius 3 is 2.50 bits per heavy atom. The van der Waals surface area contributed by atoms with Crippen LogP contribution < -0.4 is 0 Å². The number of carboxylic acid groups (broad SMARTS) is 1. The van der Waals surface area contributed by atoms with E-state index in [2.05, 4.69) is 0 Å². The Kier molecular flexibility index (Phi) is 2.68. The average molecular weight is 186 g/mol. The number of hydrogen-bond acceptors (Lipinski definition) is 1. The van der Waals surface area contributed by atoms with E-state index in [1.165, 1.54) is 12.1 Å². The lowest BCUT2D eigenvalue weighted by molar-refractivity contribution is -0.150. The third-order valence-corrected chi connectivity index (χ3v) is 1.76. The van der Waals surface area contributed by atoms with Gasteiger partial charge in [0.2, 0.25) is 6.10 Å². The van der Waals surface area contributed by atoms with Crippen LogP contribution in [-0.4, -0.2) is 11.1 Å². The minimum absolute atomic E-state index is 0.103. The van der Waals surface area contributed by atoms with Crippen molar-refractivity contribution in [2.75, 3.05) is 0 Å². The van der Waals surface area contributed by atoms with Crippen LogP contribution in [0, 0.1) is 0 Å². The molecule has 12 heavy (non-hydrogen) atoms. The minimum Gasteiger partial charge on any atom is -0.479 e. The van der Waals surface area contributed by atoms with Crippen molar-refractivity contribution < 1.29 is 15.0 Å². The summed E-state index contributed by atoms with van der Waals surface area (Å²) in [5.74, 6) is -1.41. The first kappa shape index (κ1) is 9.03. The molecule has 1 atom stereocenters. The molecule has 4 heteroatoms. The van der Waals surface area contributed by atoms with Gasteiger partial charge in [0.25, 0.3) is 0 Å². The molecule has 1 N–H and O–H groups in total. The number of benzene rings is 1. The molecule has 0 aliphatic carbocycles. The molecule has 1 radical (unpaired) electrons.